The van der Waals surface area contributed by atoms with Gasteiger partial charge in [-0.2, -0.15) is 5.26 Å². The van der Waals surface area contributed by atoms with Gasteiger partial charge in [-0.1, -0.05) is 25.0 Å². The molecule has 5 aliphatic rings. The van der Waals surface area contributed by atoms with Crippen LogP contribution in [0.1, 0.15) is 71.3 Å². The minimum absolute atomic E-state index is 0.0237. The minimum Gasteiger partial charge on any atom is -0.444 e. The molecule has 2 aliphatic carbocycles. The number of halogens is 1. The van der Waals surface area contributed by atoms with Gasteiger partial charge in [-0.3, -0.25) is 14.5 Å². The topological polar surface area (TPSA) is 106 Å². The molecule has 3 unspecified atom stereocenters. The van der Waals surface area contributed by atoms with Crippen molar-refractivity contribution in [3.05, 3.63) is 35.6 Å². The van der Waals surface area contributed by atoms with Crippen LogP contribution in [-0.2, 0) is 19.9 Å². The molecule has 2 bridgehead atoms. The molecule has 6 rings (SSSR count). The normalized spacial score (nSPS) is 31.2. The van der Waals surface area contributed by atoms with Crippen LogP contribution in [-0.4, -0.2) is 81.5 Å². The fourth-order valence-corrected chi connectivity index (χ4v) is 7.75. The lowest BCUT2D eigenvalue weighted by molar-refractivity contribution is -0.146. The van der Waals surface area contributed by atoms with Crippen molar-refractivity contribution in [2.75, 3.05) is 13.1 Å². The van der Waals surface area contributed by atoms with Gasteiger partial charge < -0.3 is 19.9 Å². The molecule has 3 aliphatic heterocycles. The van der Waals surface area contributed by atoms with Crippen LogP contribution >= 0.6 is 0 Å². The van der Waals surface area contributed by atoms with Gasteiger partial charge in [0.05, 0.1) is 17.6 Å². The number of carbonyl (C=O) groups is 3. The molecule has 3 heterocycles. The van der Waals surface area contributed by atoms with Crippen molar-refractivity contribution in [2.45, 2.75) is 107 Å². The number of piperazine rings is 1. The van der Waals surface area contributed by atoms with Gasteiger partial charge in [0.1, 0.15) is 23.5 Å². The largest absolute Gasteiger partial charge is 0.444 e. The molecule has 3 amide bonds. The average Bonchev–Trinajstić information content (AvgIpc) is 3.29. The molecule has 40 heavy (non-hydrogen) atoms. The Hall–Kier alpha value is -3.19. The summed E-state index contributed by atoms with van der Waals surface area (Å²) in [5.41, 5.74) is -0.188. The average molecular weight is 552 g/mol. The number of ether oxygens (including phenoxy) is 1. The summed E-state index contributed by atoms with van der Waals surface area (Å²) in [4.78, 5) is 46.3. The number of alkyl carbamates (subject to hydrolysis) is 1. The van der Waals surface area contributed by atoms with Crippen molar-refractivity contribution in [1.82, 2.24) is 20.0 Å². The summed E-state index contributed by atoms with van der Waals surface area (Å²) in [7, 11) is 0. The first-order valence-electron chi connectivity index (χ1n) is 14.6. The van der Waals surface area contributed by atoms with Gasteiger partial charge >= 0.3 is 6.09 Å². The van der Waals surface area contributed by atoms with E-state index in [1.807, 2.05) is 21.9 Å². The van der Waals surface area contributed by atoms with Crippen LogP contribution in [0.2, 0.25) is 0 Å². The van der Waals surface area contributed by atoms with E-state index in [4.69, 9.17) is 4.74 Å². The fraction of sp³-hybridized carbons (Fsp3) is 0.667. The van der Waals surface area contributed by atoms with E-state index in [-0.39, 0.29) is 36.3 Å². The van der Waals surface area contributed by atoms with Gasteiger partial charge in [-0.15, -0.1) is 0 Å². The molecule has 1 aromatic rings. The number of nitrogens with zero attached hydrogens (tertiary/aromatic N) is 4. The zero-order chi connectivity index (χ0) is 28.4. The van der Waals surface area contributed by atoms with Gasteiger partial charge in [-0.25, -0.2) is 9.18 Å². The van der Waals surface area contributed by atoms with Crippen molar-refractivity contribution < 1.29 is 23.5 Å². The quantitative estimate of drug-likeness (QED) is 0.582. The number of nitrogens with one attached hydrogen (secondary N) is 1. The van der Waals surface area contributed by atoms with E-state index in [1.165, 1.54) is 12.1 Å². The maximum Gasteiger partial charge on any atom is 0.408 e. The lowest BCUT2D eigenvalue weighted by Crippen LogP contribution is -2.61. The van der Waals surface area contributed by atoms with E-state index >= 15 is 0 Å². The van der Waals surface area contributed by atoms with E-state index < -0.39 is 35.4 Å². The molecule has 9 nitrogen and oxygen atoms in total. The highest BCUT2D eigenvalue weighted by Gasteiger charge is 2.59. The highest BCUT2D eigenvalue weighted by atomic mass is 19.1. The maximum absolute atomic E-state index is 13.9. The molecule has 0 spiro atoms. The maximum atomic E-state index is 13.9. The third-order valence-electron chi connectivity index (χ3n) is 9.46. The summed E-state index contributed by atoms with van der Waals surface area (Å²) < 4.78 is 19.2. The SMILES string of the molecule is CC(C)(C)OC(=O)NC(CN1C[C@@H]2CC1C(=O)N2C1(c2ccc(F)cc2)CCCC1)C(=O)N1C(C#N)C[C@@H]2C[C@@H]21. The highest BCUT2D eigenvalue weighted by Crippen LogP contribution is 2.50. The van der Waals surface area contributed by atoms with E-state index in [9.17, 15) is 24.0 Å². The van der Waals surface area contributed by atoms with Crippen LogP contribution < -0.4 is 5.32 Å². The predicted octanol–water partition coefficient (Wildman–Crippen LogP) is 3.29. The Labute approximate surface area is 234 Å². The molecule has 3 saturated heterocycles. The Morgan fingerprint density at radius 1 is 1.18 bits per heavy atom. The van der Waals surface area contributed by atoms with Crippen LogP contribution in [0.5, 0.6) is 0 Å². The fourth-order valence-electron chi connectivity index (χ4n) is 7.75. The first-order chi connectivity index (χ1) is 19.0. The molecule has 0 radical (unpaired) electrons. The lowest BCUT2D eigenvalue weighted by Gasteiger charge is -2.46. The van der Waals surface area contributed by atoms with E-state index in [1.54, 1.807) is 25.7 Å². The first-order valence-corrected chi connectivity index (χ1v) is 14.6. The Kier molecular flexibility index (Phi) is 6.56. The second-order valence-electron chi connectivity index (χ2n) is 13.2. The number of benzene rings is 1. The Bertz CT molecular complexity index is 1230. The molecule has 214 valence electrons. The van der Waals surface area contributed by atoms with Gasteiger partial charge in [0.25, 0.3) is 0 Å². The van der Waals surface area contributed by atoms with Crippen LogP contribution in [0.15, 0.2) is 24.3 Å². The van der Waals surface area contributed by atoms with E-state index in [0.29, 0.717) is 25.3 Å². The molecule has 2 saturated carbocycles. The van der Waals surface area contributed by atoms with Crippen LogP contribution in [0.4, 0.5) is 9.18 Å². The van der Waals surface area contributed by atoms with Crippen molar-refractivity contribution in [3.8, 4) is 6.07 Å². The summed E-state index contributed by atoms with van der Waals surface area (Å²) >= 11 is 0. The van der Waals surface area contributed by atoms with Gasteiger partial charge in [0.15, 0.2) is 0 Å². The number of piperidine rings is 1. The monoisotopic (exact) mass is 551 g/mol. The Morgan fingerprint density at radius 3 is 2.50 bits per heavy atom. The van der Waals surface area contributed by atoms with Crippen molar-refractivity contribution in [2.24, 2.45) is 5.92 Å². The molecule has 10 heteroatoms. The number of rotatable bonds is 6. The van der Waals surface area contributed by atoms with Gasteiger partial charge in [0, 0.05) is 25.2 Å². The van der Waals surface area contributed by atoms with E-state index in [2.05, 4.69) is 11.4 Å². The highest BCUT2D eigenvalue weighted by molar-refractivity contribution is 5.89. The van der Waals surface area contributed by atoms with Crippen LogP contribution in [0, 0.1) is 23.1 Å². The van der Waals surface area contributed by atoms with Crippen LogP contribution in [0.3, 0.4) is 0 Å². The third kappa shape index (κ3) is 4.62. The molecule has 1 aromatic carbocycles. The zero-order valence-corrected chi connectivity index (χ0v) is 23.4. The minimum atomic E-state index is -0.928. The zero-order valence-electron chi connectivity index (χ0n) is 23.4. The smallest absolute Gasteiger partial charge is 0.408 e. The van der Waals surface area contributed by atoms with Crippen molar-refractivity contribution >= 4 is 17.9 Å². The molecule has 6 atom stereocenters. The molecule has 1 N–H and O–H groups in total. The number of fused-ring (bicyclic) bond motifs is 3. The third-order valence-corrected chi connectivity index (χ3v) is 9.46. The summed E-state index contributed by atoms with van der Waals surface area (Å²) in [5.74, 6) is -0.195. The number of hydrogen-bond acceptors (Lipinski definition) is 6. The van der Waals surface area contributed by atoms with Gasteiger partial charge in [-0.05, 0) is 76.5 Å². The number of likely N-dealkylation sites (tertiary alicyclic amines) is 3. The number of nitriles is 1. The number of carbonyl (C=O) groups excluding carboxylic acids is 3. The summed E-state index contributed by atoms with van der Waals surface area (Å²) in [5, 5.41) is 12.5. The standard InChI is InChI=1S/C30H38FN5O4/c1-29(2,3)40-28(39)33-23(26(37)35-21(15-32)12-18-13-24(18)35)17-34-16-22-14-25(34)27(38)36(22)30(10-4-5-11-30)19-6-8-20(31)9-7-19/h6-9,18,21-25H,4-5,10-14,16-17H2,1-3H3,(H,33,39)/t18-,21?,22+,23?,24+,25?/m1/s1. The Morgan fingerprint density at radius 2 is 1.88 bits per heavy atom. The Balaban J connectivity index is 1.21. The van der Waals surface area contributed by atoms with Gasteiger partial charge in [0.2, 0.25) is 11.8 Å². The molecule has 5 fully saturated rings. The molecular weight excluding hydrogens is 513 g/mol. The van der Waals surface area contributed by atoms with Crippen LogP contribution in [0.25, 0.3) is 0 Å². The molecular formula is C30H38FN5O4. The second-order valence-corrected chi connectivity index (χ2v) is 13.2. The second kappa shape index (κ2) is 9.72. The lowest BCUT2D eigenvalue weighted by atomic mass is 9.85. The number of amides is 3. The van der Waals surface area contributed by atoms with Crippen molar-refractivity contribution in [3.63, 3.8) is 0 Å². The first kappa shape index (κ1) is 27.0. The summed E-state index contributed by atoms with van der Waals surface area (Å²) in [6.07, 6.45) is 5.24. The predicted molar refractivity (Wildman–Crippen MR) is 143 cm³/mol. The summed E-state index contributed by atoms with van der Waals surface area (Å²) in [6, 6.07) is 7.02. The van der Waals surface area contributed by atoms with Crippen molar-refractivity contribution in [1.29, 1.82) is 5.26 Å². The number of hydrogen-bond donors (Lipinski definition) is 1. The summed E-state index contributed by atoms with van der Waals surface area (Å²) in [6.45, 7) is 6.05. The molecule has 0 aromatic heterocycles. The van der Waals surface area contributed by atoms with E-state index in [0.717, 1.165) is 37.7 Å².